The molecule has 0 unspecified atom stereocenters. The first-order chi connectivity index (χ1) is 9.04. The number of benzene rings is 1. The van der Waals surface area contributed by atoms with Crippen LogP contribution in [0.25, 0.3) is 0 Å². The summed E-state index contributed by atoms with van der Waals surface area (Å²) in [5.74, 6) is 0.859. The van der Waals surface area contributed by atoms with E-state index in [4.69, 9.17) is 4.74 Å². The van der Waals surface area contributed by atoms with Gasteiger partial charge in [0.2, 0.25) is 5.91 Å². The van der Waals surface area contributed by atoms with Gasteiger partial charge in [-0.25, -0.2) is 0 Å². The molecule has 0 atom stereocenters. The van der Waals surface area contributed by atoms with Crippen LogP contribution in [0.2, 0.25) is 0 Å². The van der Waals surface area contributed by atoms with E-state index in [1.54, 1.807) is 12.0 Å². The van der Waals surface area contributed by atoms with E-state index >= 15 is 0 Å². The molecule has 1 aromatic rings. The highest BCUT2D eigenvalue weighted by molar-refractivity contribution is 9.10. The van der Waals surface area contributed by atoms with Crippen molar-refractivity contribution in [3.8, 4) is 5.75 Å². The molecule has 1 N–H and O–H groups in total. The monoisotopic (exact) mass is 326 g/mol. The van der Waals surface area contributed by atoms with Crippen molar-refractivity contribution in [1.82, 2.24) is 5.32 Å². The fourth-order valence-electron chi connectivity index (χ4n) is 2.35. The van der Waals surface area contributed by atoms with Crippen LogP contribution < -0.4 is 15.0 Å². The molecule has 1 fully saturated rings. The van der Waals surface area contributed by atoms with Crippen molar-refractivity contribution >= 4 is 27.5 Å². The second-order valence-corrected chi connectivity index (χ2v) is 5.91. The zero-order chi connectivity index (χ0) is 14.0. The van der Waals surface area contributed by atoms with Crippen molar-refractivity contribution in [2.45, 2.75) is 12.8 Å². The number of hydrogen-bond acceptors (Lipinski definition) is 3. The van der Waals surface area contributed by atoms with Gasteiger partial charge in [-0.05, 0) is 38.1 Å². The lowest BCUT2D eigenvalue weighted by atomic mass is 10.1. The van der Waals surface area contributed by atoms with Crippen LogP contribution in [0.1, 0.15) is 12.8 Å². The number of amides is 1. The van der Waals surface area contributed by atoms with Gasteiger partial charge in [-0.1, -0.05) is 15.9 Å². The van der Waals surface area contributed by atoms with Gasteiger partial charge < -0.3 is 15.0 Å². The van der Waals surface area contributed by atoms with E-state index in [0.717, 1.165) is 29.5 Å². The highest BCUT2D eigenvalue weighted by Crippen LogP contribution is 2.47. The average molecular weight is 327 g/mol. The fourth-order valence-corrected chi connectivity index (χ4v) is 2.69. The highest BCUT2D eigenvalue weighted by atomic mass is 79.9. The molecule has 0 aromatic heterocycles. The predicted molar refractivity (Wildman–Crippen MR) is 79.7 cm³/mol. The molecule has 5 heteroatoms. The highest BCUT2D eigenvalue weighted by Gasteiger charge is 2.50. The van der Waals surface area contributed by atoms with Gasteiger partial charge in [0.15, 0.2) is 0 Å². The van der Waals surface area contributed by atoms with Crippen LogP contribution in [0.4, 0.5) is 5.69 Å². The summed E-state index contributed by atoms with van der Waals surface area (Å²) in [7, 11) is 5.31. The number of halogens is 1. The summed E-state index contributed by atoms with van der Waals surface area (Å²) in [6.45, 7) is 0.729. The van der Waals surface area contributed by atoms with E-state index in [0.29, 0.717) is 5.75 Å². The van der Waals surface area contributed by atoms with Gasteiger partial charge in [-0.2, -0.15) is 0 Å². The lowest BCUT2D eigenvalue weighted by molar-refractivity contribution is -0.123. The van der Waals surface area contributed by atoms with E-state index < -0.39 is 0 Å². The molecule has 4 nitrogen and oxygen atoms in total. The van der Waals surface area contributed by atoms with Crippen LogP contribution in [0.3, 0.4) is 0 Å². The van der Waals surface area contributed by atoms with E-state index in [9.17, 15) is 4.79 Å². The van der Waals surface area contributed by atoms with E-state index in [1.807, 2.05) is 32.3 Å². The number of anilines is 1. The van der Waals surface area contributed by atoms with Crippen molar-refractivity contribution in [2.75, 3.05) is 32.6 Å². The number of ether oxygens (including phenoxy) is 1. The van der Waals surface area contributed by atoms with Crippen LogP contribution in [-0.2, 0) is 4.79 Å². The topological polar surface area (TPSA) is 41.6 Å². The summed E-state index contributed by atoms with van der Waals surface area (Å²) in [6.07, 6.45) is 1.90. The Bertz CT molecular complexity index is 486. The van der Waals surface area contributed by atoms with Crippen LogP contribution in [0, 0.1) is 5.41 Å². The maximum absolute atomic E-state index is 12.6. The Morgan fingerprint density at radius 2 is 2.21 bits per heavy atom. The molecule has 0 aliphatic heterocycles. The third-order valence-electron chi connectivity index (χ3n) is 3.63. The van der Waals surface area contributed by atoms with Crippen LogP contribution >= 0.6 is 15.9 Å². The molecular formula is C14H19BrN2O2. The molecule has 0 radical (unpaired) electrons. The standard InChI is InChI=1S/C14H19BrN2O2/c1-16-9-14(6-7-14)13(18)17(2)11-8-10(15)4-5-12(11)19-3/h4-5,8,16H,6-7,9H2,1-3H3. The molecular weight excluding hydrogens is 308 g/mol. The minimum absolute atomic E-state index is 0.151. The third kappa shape index (κ3) is 2.77. The first-order valence-corrected chi connectivity index (χ1v) is 7.10. The van der Waals surface area contributed by atoms with Crippen LogP contribution in [0.5, 0.6) is 5.75 Å². The summed E-state index contributed by atoms with van der Waals surface area (Å²) >= 11 is 3.43. The second kappa shape index (κ2) is 5.51. The Morgan fingerprint density at radius 3 is 2.74 bits per heavy atom. The van der Waals surface area contributed by atoms with Gasteiger partial charge in [-0.15, -0.1) is 0 Å². The Hall–Kier alpha value is -1.07. The normalized spacial score (nSPS) is 16.0. The molecule has 0 bridgehead atoms. The van der Waals surface area contributed by atoms with Crippen molar-refractivity contribution in [3.05, 3.63) is 22.7 Å². The fraction of sp³-hybridized carbons (Fsp3) is 0.500. The third-order valence-corrected chi connectivity index (χ3v) is 4.12. The Balaban J connectivity index is 2.26. The lowest BCUT2D eigenvalue weighted by Crippen LogP contribution is -2.39. The smallest absolute Gasteiger partial charge is 0.234 e. The molecule has 0 spiro atoms. The molecule has 1 aromatic carbocycles. The first kappa shape index (κ1) is 14.3. The Labute approximate surface area is 122 Å². The van der Waals surface area contributed by atoms with Crippen molar-refractivity contribution in [3.63, 3.8) is 0 Å². The molecule has 1 aliphatic carbocycles. The van der Waals surface area contributed by atoms with Gasteiger partial charge >= 0.3 is 0 Å². The Kier molecular flexibility index (Phi) is 4.16. The van der Waals surface area contributed by atoms with E-state index in [2.05, 4.69) is 21.2 Å². The van der Waals surface area contributed by atoms with E-state index in [1.165, 1.54) is 0 Å². The number of nitrogens with zero attached hydrogens (tertiary/aromatic N) is 1. The van der Waals surface area contributed by atoms with Crippen LogP contribution in [-0.4, -0.2) is 33.7 Å². The molecule has 1 aliphatic rings. The van der Waals surface area contributed by atoms with Gasteiger partial charge in [0, 0.05) is 18.1 Å². The molecule has 1 saturated carbocycles. The number of rotatable bonds is 5. The summed E-state index contributed by atoms with van der Waals surface area (Å²) in [6, 6.07) is 5.67. The molecule has 0 heterocycles. The lowest BCUT2D eigenvalue weighted by Gasteiger charge is -2.25. The molecule has 0 saturated heterocycles. The van der Waals surface area contributed by atoms with Crippen LogP contribution in [0.15, 0.2) is 22.7 Å². The van der Waals surface area contributed by atoms with Crippen molar-refractivity contribution in [1.29, 1.82) is 0 Å². The average Bonchev–Trinajstić information content (AvgIpc) is 3.18. The van der Waals surface area contributed by atoms with Crippen molar-refractivity contribution in [2.24, 2.45) is 5.41 Å². The zero-order valence-electron chi connectivity index (χ0n) is 11.5. The van der Waals surface area contributed by atoms with Gasteiger partial charge in [0.05, 0.1) is 18.2 Å². The Morgan fingerprint density at radius 1 is 1.53 bits per heavy atom. The van der Waals surface area contributed by atoms with Gasteiger partial charge in [-0.3, -0.25) is 4.79 Å². The molecule has 1 amide bonds. The molecule has 104 valence electrons. The zero-order valence-corrected chi connectivity index (χ0v) is 13.1. The summed E-state index contributed by atoms with van der Waals surface area (Å²) < 4.78 is 6.27. The van der Waals surface area contributed by atoms with Gasteiger partial charge in [0.25, 0.3) is 0 Å². The van der Waals surface area contributed by atoms with Gasteiger partial charge in [0.1, 0.15) is 5.75 Å². The number of hydrogen-bond donors (Lipinski definition) is 1. The minimum atomic E-state index is -0.225. The van der Waals surface area contributed by atoms with Crippen molar-refractivity contribution < 1.29 is 9.53 Å². The first-order valence-electron chi connectivity index (χ1n) is 6.30. The maximum Gasteiger partial charge on any atom is 0.234 e. The largest absolute Gasteiger partial charge is 0.495 e. The summed E-state index contributed by atoms with van der Waals surface area (Å²) in [5, 5.41) is 3.11. The molecule has 19 heavy (non-hydrogen) atoms. The number of carbonyl (C=O) groups is 1. The number of nitrogens with one attached hydrogen (secondary N) is 1. The quantitative estimate of drug-likeness (QED) is 0.903. The summed E-state index contributed by atoms with van der Waals surface area (Å²) in [4.78, 5) is 14.3. The predicted octanol–water partition coefficient (Wildman–Crippen LogP) is 2.42. The number of carbonyl (C=O) groups excluding carboxylic acids is 1. The summed E-state index contributed by atoms with van der Waals surface area (Å²) in [5.41, 5.74) is 0.570. The number of methoxy groups -OCH3 is 1. The van der Waals surface area contributed by atoms with E-state index in [-0.39, 0.29) is 11.3 Å². The maximum atomic E-state index is 12.6. The SMILES string of the molecule is CNCC1(C(=O)N(C)c2cc(Br)ccc2OC)CC1. The minimum Gasteiger partial charge on any atom is -0.495 e. The second-order valence-electron chi connectivity index (χ2n) is 4.99. The molecule has 2 rings (SSSR count).